The van der Waals surface area contributed by atoms with Gasteiger partial charge in [0.1, 0.15) is 0 Å². The molecule has 0 atom stereocenters. The van der Waals surface area contributed by atoms with Gasteiger partial charge in [-0.05, 0) is 48.6 Å². The van der Waals surface area contributed by atoms with Crippen LogP contribution in [0.5, 0.6) is 0 Å². The average Bonchev–Trinajstić information content (AvgIpc) is 2.37. The van der Waals surface area contributed by atoms with Gasteiger partial charge in [-0.3, -0.25) is 4.79 Å². The number of amides is 1. The van der Waals surface area contributed by atoms with E-state index in [0.717, 1.165) is 16.7 Å². The van der Waals surface area contributed by atoms with Gasteiger partial charge in [-0.25, -0.2) is 4.79 Å². The molecule has 0 saturated heterocycles. The maximum absolute atomic E-state index is 11.2. The zero-order valence-corrected chi connectivity index (χ0v) is 11.5. The molecule has 0 radical (unpaired) electrons. The molecule has 3 N–H and O–H groups in total. The highest BCUT2D eigenvalue weighted by Gasteiger charge is 2.14. The van der Waals surface area contributed by atoms with Crippen molar-refractivity contribution in [2.75, 3.05) is 0 Å². The summed E-state index contributed by atoms with van der Waals surface area (Å²) in [7, 11) is 0. The van der Waals surface area contributed by atoms with E-state index < -0.39 is 11.9 Å². The summed E-state index contributed by atoms with van der Waals surface area (Å²) in [6.07, 6.45) is 3.07. The molecule has 0 aliphatic carbocycles. The molecule has 0 saturated carbocycles. The Hall–Kier alpha value is -2.10. The largest absolute Gasteiger partial charge is 0.478 e. The van der Waals surface area contributed by atoms with Crippen molar-refractivity contribution >= 4 is 18.0 Å². The van der Waals surface area contributed by atoms with Crippen LogP contribution in [0.25, 0.3) is 6.08 Å². The van der Waals surface area contributed by atoms with E-state index in [1.54, 1.807) is 25.1 Å². The van der Waals surface area contributed by atoms with Crippen molar-refractivity contribution in [2.45, 2.75) is 33.6 Å². The molecule has 4 heteroatoms. The van der Waals surface area contributed by atoms with Crippen LogP contribution >= 0.6 is 0 Å². The van der Waals surface area contributed by atoms with Gasteiger partial charge in [-0.1, -0.05) is 19.9 Å². The van der Waals surface area contributed by atoms with Crippen LogP contribution in [0.2, 0.25) is 0 Å². The summed E-state index contributed by atoms with van der Waals surface area (Å²) >= 11 is 0. The lowest BCUT2D eigenvalue weighted by Gasteiger charge is -2.13. The molecule has 1 aromatic rings. The molecule has 19 heavy (non-hydrogen) atoms. The maximum Gasteiger partial charge on any atom is 0.335 e. The number of primary amides is 1. The van der Waals surface area contributed by atoms with Crippen LogP contribution in [0, 0.1) is 0 Å². The van der Waals surface area contributed by atoms with Crippen molar-refractivity contribution in [3.63, 3.8) is 0 Å². The highest BCUT2D eigenvalue weighted by Crippen LogP contribution is 2.23. The molecule has 1 rings (SSSR count). The Labute approximate surface area is 112 Å². The van der Waals surface area contributed by atoms with Crippen molar-refractivity contribution in [3.8, 4) is 0 Å². The lowest BCUT2D eigenvalue weighted by atomic mass is 9.91. The van der Waals surface area contributed by atoms with Gasteiger partial charge >= 0.3 is 5.97 Å². The van der Waals surface area contributed by atoms with E-state index in [9.17, 15) is 14.7 Å². The van der Waals surface area contributed by atoms with E-state index in [1.807, 2.05) is 13.8 Å². The fourth-order valence-electron chi connectivity index (χ4n) is 2.17. The Morgan fingerprint density at radius 3 is 2.21 bits per heavy atom. The zero-order chi connectivity index (χ0) is 14.6. The van der Waals surface area contributed by atoms with Gasteiger partial charge in [0.05, 0.1) is 5.56 Å². The van der Waals surface area contributed by atoms with Gasteiger partial charge < -0.3 is 10.8 Å². The van der Waals surface area contributed by atoms with Gasteiger partial charge in [0.2, 0.25) is 5.91 Å². The van der Waals surface area contributed by atoms with Gasteiger partial charge in [-0.2, -0.15) is 0 Å². The van der Waals surface area contributed by atoms with Gasteiger partial charge in [0, 0.05) is 5.57 Å². The van der Waals surface area contributed by atoms with Crippen LogP contribution in [0.15, 0.2) is 17.7 Å². The summed E-state index contributed by atoms with van der Waals surface area (Å²) in [6.45, 7) is 5.55. The number of rotatable bonds is 5. The van der Waals surface area contributed by atoms with Crippen LogP contribution in [0.4, 0.5) is 0 Å². The second kappa shape index (κ2) is 6.18. The first-order chi connectivity index (χ1) is 8.92. The minimum Gasteiger partial charge on any atom is -0.478 e. The first-order valence-electron chi connectivity index (χ1n) is 6.28. The molecular formula is C15H19NO3. The molecule has 102 valence electrons. The number of nitrogens with two attached hydrogens (primary N) is 1. The van der Waals surface area contributed by atoms with E-state index in [4.69, 9.17) is 5.73 Å². The van der Waals surface area contributed by atoms with Crippen LogP contribution in [0.3, 0.4) is 0 Å². The summed E-state index contributed by atoms with van der Waals surface area (Å²) in [5.41, 5.74) is 8.65. The number of benzene rings is 1. The first-order valence-corrected chi connectivity index (χ1v) is 6.28. The fourth-order valence-corrected chi connectivity index (χ4v) is 2.17. The van der Waals surface area contributed by atoms with Gasteiger partial charge in [-0.15, -0.1) is 0 Å². The molecular weight excluding hydrogens is 242 g/mol. The fraction of sp³-hybridized carbons (Fsp3) is 0.333. The number of aromatic carboxylic acids is 1. The molecule has 0 fully saturated rings. The summed E-state index contributed by atoms with van der Waals surface area (Å²) in [5, 5.41) is 9.19. The zero-order valence-electron chi connectivity index (χ0n) is 11.5. The Morgan fingerprint density at radius 1 is 1.21 bits per heavy atom. The number of carboxylic acids is 1. The van der Waals surface area contributed by atoms with E-state index in [1.165, 1.54) is 0 Å². The van der Waals surface area contributed by atoms with Crippen molar-refractivity contribution in [3.05, 3.63) is 40.0 Å². The molecule has 0 spiro atoms. The quantitative estimate of drug-likeness (QED) is 0.799. The normalized spacial score (nSPS) is 11.4. The Bertz CT molecular complexity index is 545. The lowest BCUT2D eigenvalue weighted by Crippen LogP contribution is -2.12. The van der Waals surface area contributed by atoms with Crippen LogP contribution in [0.1, 0.15) is 47.8 Å². The summed E-state index contributed by atoms with van der Waals surface area (Å²) < 4.78 is 0. The predicted molar refractivity (Wildman–Crippen MR) is 75.0 cm³/mol. The van der Waals surface area contributed by atoms with E-state index >= 15 is 0 Å². The highest BCUT2D eigenvalue weighted by atomic mass is 16.4. The second-order valence-corrected chi connectivity index (χ2v) is 4.36. The van der Waals surface area contributed by atoms with Crippen molar-refractivity contribution in [1.29, 1.82) is 0 Å². The first kappa shape index (κ1) is 15.0. The number of carbonyl (C=O) groups excluding carboxylic acids is 1. The third-order valence-corrected chi connectivity index (χ3v) is 3.17. The van der Waals surface area contributed by atoms with Crippen molar-refractivity contribution < 1.29 is 14.7 Å². The topological polar surface area (TPSA) is 80.4 Å². The Kier molecular flexibility index (Phi) is 4.87. The van der Waals surface area contributed by atoms with Crippen LogP contribution in [-0.2, 0) is 17.6 Å². The smallest absolute Gasteiger partial charge is 0.335 e. The van der Waals surface area contributed by atoms with Gasteiger partial charge in [0.15, 0.2) is 0 Å². The third kappa shape index (κ3) is 3.22. The second-order valence-electron chi connectivity index (χ2n) is 4.36. The number of carboxylic acid groups (broad SMARTS) is 1. The van der Waals surface area contributed by atoms with E-state index in [-0.39, 0.29) is 0 Å². The maximum atomic E-state index is 11.2. The summed E-state index contributed by atoms with van der Waals surface area (Å²) in [6, 6.07) is 3.31. The molecule has 1 aromatic carbocycles. The molecule has 4 nitrogen and oxygen atoms in total. The van der Waals surface area contributed by atoms with Crippen LogP contribution < -0.4 is 5.73 Å². The SMILES string of the molecule is CCc1c(C=C(C)C(N)=O)ccc(C(=O)O)c1CC. The standard InChI is InChI=1S/C15H19NO3/c1-4-11-10(8-9(3)14(16)17)6-7-13(15(18)19)12(11)5-2/h6-8H,4-5H2,1-3H3,(H2,16,17)(H,18,19). The van der Waals surface area contributed by atoms with Crippen molar-refractivity contribution in [2.24, 2.45) is 5.73 Å². The monoisotopic (exact) mass is 261 g/mol. The van der Waals surface area contributed by atoms with Gasteiger partial charge in [0.25, 0.3) is 0 Å². The molecule has 1 amide bonds. The minimum absolute atomic E-state index is 0.327. The molecule has 0 aliphatic heterocycles. The van der Waals surface area contributed by atoms with E-state index in [0.29, 0.717) is 24.0 Å². The molecule has 0 aromatic heterocycles. The summed E-state index contributed by atoms with van der Waals surface area (Å²) in [4.78, 5) is 22.3. The average molecular weight is 261 g/mol. The Balaban J connectivity index is 3.48. The molecule has 0 bridgehead atoms. The minimum atomic E-state index is -0.922. The molecule has 0 aliphatic rings. The third-order valence-electron chi connectivity index (χ3n) is 3.17. The summed E-state index contributed by atoms with van der Waals surface area (Å²) in [5.74, 6) is -1.39. The lowest BCUT2D eigenvalue weighted by molar-refractivity contribution is -0.114. The molecule has 0 heterocycles. The number of hydrogen-bond donors (Lipinski definition) is 2. The highest BCUT2D eigenvalue weighted by molar-refractivity contribution is 5.96. The molecule has 0 unspecified atom stereocenters. The van der Waals surface area contributed by atoms with E-state index in [2.05, 4.69) is 0 Å². The number of hydrogen-bond acceptors (Lipinski definition) is 2. The van der Waals surface area contributed by atoms with Crippen molar-refractivity contribution in [1.82, 2.24) is 0 Å². The van der Waals surface area contributed by atoms with Crippen LogP contribution in [-0.4, -0.2) is 17.0 Å². The number of carbonyl (C=O) groups is 2. The Morgan fingerprint density at radius 2 is 1.79 bits per heavy atom. The predicted octanol–water partition coefficient (Wildman–Crippen LogP) is 2.40.